The fourth-order valence-electron chi connectivity index (χ4n) is 1.93. The van der Waals surface area contributed by atoms with Crippen LogP contribution in [0.5, 0.6) is 5.75 Å². The Bertz CT molecular complexity index is 727. The fraction of sp³-hybridized carbons (Fsp3) is 0.176. The molecule has 23 heavy (non-hydrogen) atoms. The molecule has 0 aromatic heterocycles. The Balaban J connectivity index is 1.91. The second-order valence-corrected chi connectivity index (χ2v) is 5.45. The number of nitrogens with one attached hydrogen (secondary N) is 2. The van der Waals surface area contributed by atoms with Crippen molar-refractivity contribution in [2.75, 3.05) is 11.9 Å². The lowest BCUT2D eigenvalue weighted by Gasteiger charge is -2.10. The van der Waals surface area contributed by atoms with Gasteiger partial charge in [0.2, 0.25) is 0 Å². The Morgan fingerprint density at radius 3 is 2.61 bits per heavy atom. The molecule has 0 saturated carbocycles. The molecule has 2 aromatic rings. The lowest BCUT2D eigenvalue weighted by Crippen LogP contribution is -2.27. The summed E-state index contributed by atoms with van der Waals surface area (Å²) in [6.07, 6.45) is 0. The average Bonchev–Trinajstić information content (AvgIpc) is 2.54. The highest BCUT2D eigenvalue weighted by molar-refractivity contribution is 6.31. The molecule has 6 heteroatoms. The van der Waals surface area contributed by atoms with Crippen molar-refractivity contribution in [3.05, 3.63) is 58.6 Å². The zero-order valence-electron chi connectivity index (χ0n) is 12.9. The van der Waals surface area contributed by atoms with Gasteiger partial charge < -0.3 is 10.4 Å². The van der Waals surface area contributed by atoms with Gasteiger partial charge in [-0.3, -0.25) is 4.79 Å². The fourth-order valence-corrected chi connectivity index (χ4v) is 2.10. The Morgan fingerprint density at radius 2 is 1.91 bits per heavy atom. The van der Waals surface area contributed by atoms with E-state index in [0.29, 0.717) is 10.7 Å². The number of phenolic OH excluding ortho intramolecular Hbond substituents is 1. The molecule has 0 aliphatic heterocycles. The van der Waals surface area contributed by atoms with Crippen LogP contribution in [0.3, 0.4) is 0 Å². The van der Waals surface area contributed by atoms with E-state index in [1.165, 1.54) is 0 Å². The molecule has 0 atom stereocenters. The van der Waals surface area contributed by atoms with Gasteiger partial charge in [-0.25, -0.2) is 5.43 Å². The number of anilines is 1. The van der Waals surface area contributed by atoms with Crippen LogP contribution in [0.2, 0.25) is 5.02 Å². The summed E-state index contributed by atoms with van der Waals surface area (Å²) < 4.78 is 0. The minimum atomic E-state index is -0.262. The lowest BCUT2D eigenvalue weighted by molar-refractivity contribution is -0.119. The van der Waals surface area contributed by atoms with Crippen LogP contribution in [-0.4, -0.2) is 23.3 Å². The standard InChI is InChI=1S/C17H18ClN3O2/c1-11-15(18)4-3-5-16(11)19-10-17(23)21-20-12(2)13-6-8-14(22)9-7-13/h3-9,19,22H,10H2,1-2H3,(H,21,23). The Kier molecular flexibility index (Phi) is 5.60. The van der Waals surface area contributed by atoms with Crippen LogP contribution in [-0.2, 0) is 4.79 Å². The molecular formula is C17H18ClN3O2. The molecule has 0 aliphatic rings. The van der Waals surface area contributed by atoms with E-state index in [2.05, 4.69) is 15.8 Å². The number of rotatable bonds is 5. The van der Waals surface area contributed by atoms with Gasteiger partial charge in [0.25, 0.3) is 5.91 Å². The van der Waals surface area contributed by atoms with Crippen molar-refractivity contribution in [3.63, 3.8) is 0 Å². The van der Waals surface area contributed by atoms with E-state index in [1.807, 2.05) is 19.1 Å². The summed E-state index contributed by atoms with van der Waals surface area (Å²) in [4.78, 5) is 11.8. The molecule has 120 valence electrons. The van der Waals surface area contributed by atoms with Crippen molar-refractivity contribution in [3.8, 4) is 5.75 Å². The number of hydrazone groups is 1. The number of carbonyl (C=O) groups excluding carboxylic acids is 1. The lowest BCUT2D eigenvalue weighted by atomic mass is 10.1. The highest BCUT2D eigenvalue weighted by atomic mass is 35.5. The van der Waals surface area contributed by atoms with Gasteiger partial charge in [-0.05, 0) is 61.4 Å². The molecule has 0 aliphatic carbocycles. The number of benzene rings is 2. The van der Waals surface area contributed by atoms with Gasteiger partial charge >= 0.3 is 0 Å². The molecule has 0 fully saturated rings. The number of phenols is 1. The highest BCUT2D eigenvalue weighted by Gasteiger charge is 2.05. The molecule has 0 saturated heterocycles. The third-order valence-corrected chi connectivity index (χ3v) is 3.75. The van der Waals surface area contributed by atoms with Gasteiger partial charge in [0.15, 0.2) is 0 Å². The van der Waals surface area contributed by atoms with Crippen molar-refractivity contribution in [2.45, 2.75) is 13.8 Å². The van der Waals surface area contributed by atoms with E-state index < -0.39 is 0 Å². The zero-order chi connectivity index (χ0) is 16.8. The van der Waals surface area contributed by atoms with E-state index in [-0.39, 0.29) is 18.2 Å². The predicted octanol–water partition coefficient (Wildman–Crippen LogP) is 3.31. The maximum Gasteiger partial charge on any atom is 0.259 e. The normalized spacial score (nSPS) is 11.2. The molecule has 2 aromatic carbocycles. The van der Waals surface area contributed by atoms with Crippen molar-refractivity contribution in [1.29, 1.82) is 0 Å². The summed E-state index contributed by atoms with van der Waals surface area (Å²) in [5.74, 6) is -0.0748. The molecule has 0 spiro atoms. The number of amides is 1. The van der Waals surface area contributed by atoms with Gasteiger partial charge in [-0.15, -0.1) is 0 Å². The topological polar surface area (TPSA) is 73.7 Å². The van der Waals surface area contributed by atoms with Crippen molar-refractivity contribution in [2.24, 2.45) is 5.10 Å². The molecule has 0 radical (unpaired) electrons. The Labute approximate surface area is 140 Å². The number of nitrogens with zero attached hydrogens (tertiary/aromatic N) is 1. The number of aromatic hydroxyl groups is 1. The number of hydrogen-bond donors (Lipinski definition) is 3. The highest BCUT2D eigenvalue weighted by Crippen LogP contribution is 2.22. The molecule has 0 bridgehead atoms. The third kappa shape index (κ3) is 4.72. The summed E-state index contributed by atoms with van der Waals surface area (Å²) in [6.45, 7) is 3.75. The molecule has 1 amide bonds. The van der Waals surface area contributed by atoms with Gasteiger partial charge in [0.1, 0.15) is 5.75 Å². The van der Waals surface area contributed by atoms with Crippen LogP contribution >= 0.6 is 11.6 Å². The smallest absolute Gasteiger partial charge is 0.259 e. The minimum Gasteiger partial charge on any atom is -0.508 e. The first-order valence-electron chi connectivity index (χ1n) is 7.09. The molecule has 2 rings (SSSR count). The van der Waals surface area contributed by atoms with Crippen LogP contribution in [0.1, 0.15) is 18.1 Å². The zero-order valence-corrected chi connectivity index (χ0v) is 13.7. The average molecular weight is 332 g/mol. The van der Waals surface area contributed by atoms with Crippen molar-refractivity contribution < 1.29 is 9.90 Å². The Morgan fingerprint density at radius 1 is 1.22 bits per heavy atom. The quantitative estimate of drug-likeness (QED) is 0.581. The second-order valence-electron chi connectivity index (χ2n) is 5.05. The first-order valence-corrected chi connectivity index (χ1v) is 7.46. The van der Waals surface area contributed by atoms with Gasteiger partial charge in [0.05, 0.1) is 12.3 Å². The van der Waals surface area contributed by atoms with Gasteiger partial charge in [0, 0.05) is 10.7 Å². The van der Waals surface area contributed by atoms with Crippen LogP contribution in [0.4, 0.5) is 5.69 Å². The van der Waals surface area contributed by atoms with E-state index in [0.717, 1.165) is 16.8 Å². The third-order valence-electron chi connectivity index (χ3n) is 3.34. The first kappa shape index (κ1) is 16.8. The van der Waals surface area contributed by atoms with Crippen LogP contribution in [0, 0.1) is 6.92 Å². The van der Waals surface area contributed by atoms with Gasteiger partial charge in [-0.1, -0.05) is 17.7 Å². The molecule has 0 unspecified atom stereocenters. The van der Waals surface area contributed by atoms with E-state index in [4.69, 9.17) is 11.6 Å². The first-order chi connectivity index (χ1) is 11.0. The van der Waals surface area contributed by atoms with E-state index in [9.17, 15) is 9.90 Å². The summed E-state index contributed by atoms with van der Waals surface area (Å²) in [6, 6.07) is 12.1. The van der Waals surface area contributed by atoms with Crippen LogP contribution in [0.25, 0.3) is 0 Å². The summed E-state index contributed by atoms with van der Waals surface area (Å²) in [5, 5.41) is 17.0. The molecular weight excluding hydrogens is 314 g/mol. The minimum absolute atomic E-state index is 0.0908. The van der Waals surface area contributed by atoms with Crippen molar-refractivity contribution in [1.82, 2.24) is 5.43 Å². The maximum absolute atomic E-state index is 11.8. The maximum atomic E-state index is 11.8. The second kappa shape index (κ2) is 7.65. The molecule has 5 nitrogen and oxygen atoms in total. The summed E-state index contributed by atoms with van der Waals surface area (Å²) in [7, 11) is 0. The molecule has 3 N–H and O–H groups in total. The van der Waals surface area contributed by atoms with Gasteiger partial charge in [-0.2, -0.15) is 5.10 Å². The summed E-state index contributed by atoms with van der Waals surface area (Å²) >= 11 is 6.03. The predicted molar refractivity (Wildman–Crippen MR) is 93.1 cm³/mol. The van der Waals surface area contributed by atoms with Crippen LogP contribution < -0.4 is 10.7 Å². The number of halogens is 1. The molecule has 0 heterocycles. The van der Waals surface area contributed by atoms with E-state index >= 15 is 0 Å². The van der Waals surface area contributed by atoms with Crippen molar-refractivity contribution >= 4 is 28.9 Å². The van der Waals surface area contributed by atoms with E-state index in [1.54, 1.807) is 37.3 Å². The van der Waals surface area contributed by atoms with Crippen LogP contribution in [0.15, 0.2) is 47.6 Å². The SMILES string of the molecule is CC(=NNC(=O)CNc1cccc(Cl)c1C)c1ccc(O)cc1. The Hall–Kier alpha value is -2.53. The largest absolute Gasteiger partial charge is 0.508 e. The number of hydrogen-bond acceptors (Lipinski definition) is 4. The summed E-state index contributed by atoms with van der Waals surface area (Å²) in [5.41, 5.74) is 5.67. The monoisotopic (exact) mass is 331 g/mol. The number of carbonyl (C=O) groups is 1.